The van der Waals surface area contributed by atoms with E-state index in [1.54, 1.807) is 0 Å². The fourth-order valence-corrected chi connectivity index (χ4v) is 3.27. The molecule has 25 heavy (non-hydrogen) atoms. The average Bonchev–Trinajstić information content (AvgIpc) is 2.66. The number of hydrogen-bond acceptors (Lipinski definition) is 2. The van der Waals surface area contributed by atoms with Crippen molar-refractivity contribution in [1.29, 1.82) is 0 Å². The molecule has 0 aliphatic carbocycles. The molecule has 3 aromatic rings. The van der Waals surface area contributed by atoms with E-state index in [1.807, 2.05) is 36.4 Å². The minimum atomic E-state index is -1.43. The van der Waals surface area contributed by atoms with E-state index in [0.717, 1.165) is 31.2 Å². The second-order valence-corrected chi connectivity index (χ2v) is 6.33. The molecule has 2 heteroatoms. The van der Waals surface area contributed by atoms with Gasteiger partial charge in [0.05, 0.1) is 0 Å². The Morgan fingerprint density at radius 3 is 1.68 bits per heavy atom. The van der Waals surface area contributed by atoms with Gasteiger partial charge in [-0.2, -0.15) is 0 Å². The lowest BCUT2D eigenvalue weighted by Gasteiger charge is -2.16. The molecule has 3 rings (SSSR count). The van der Waals surface area contributed by atoms with Crippen molar-refractivity contribution in [2.24, 2.45) is 0 Å². The van der Waals surface area contributed by atoms with Crippen LogP contribution >= 0.6 is 0 Å². The maximum Gasteiger partial charge on any atom is 0.178 e. The van der Waals surface area contributed by atoms with Gasteiger partial charge >= 0.3 is 0 Å². The van der Waals surface area contributed by atoms with Gasteiger partial charge in [-0.25, -0.2) is 0 Å². The monoisotopic (exact) mass is 332 g/mol. The summed E-state index contributed by atoms with van der Waals surface area (Å²) in [6, 6.07) is 26.6. The van der Waals surface area contributed by atoms with Crippen molar-refractivity contribution >= 4 is 0 Å². The summed E-state index contributed by atoms with van der Waals surface area (Å²) in [6.07, 6.45) is 2.12. The third-order valence-corrected chi connectivity index (χ3v) is 4.62. The number of aliphatic hydroxyl groups is 2. The van der Waals surface area contributed by atoms with Gasteiger partial charge in [0.25, 0.3) is 0 Å². The number of aliphatic hydroxyl groups excluding tert-OH is 1. The standard InChI is InChI=1S/C23H24O2/c24-23(25)22-13-7-12-20(16-14-18-8-3-1-4-9-18)21(22)17-15-19-10-5-2-6-11-19/h1-13,23-25H,14-17H2. The van der Waals surface area contributed by atoms with E-state index < -0.39 is 6.29 Å². The fourth-order valence-electron chi connectivity index (χ4n) is 3.27. The summed E-state index contributed by atoms with van der Waals surface area (Å²) in [4.78, 5) is 0. The van der Waals surface area contributed by atoms with Crippen molar-refractivity contribution in [2.75, 3.05) is 0 Å². The van der Waals surface area contributed by atoms with Crippen molar-refractivity contribution in [3.63, 3.8) is 0 Å². The highest BCUT2D eigenvalue weighted by atomic mass is 16.5. The van der Waals surface area contributed by atoms with E-state index >= 15 is 0 Å². The predicted octanol–water partition coefficient (Wildman–Crippen LogP) is 4.24. The SMILES string of the molecule is OC(O)c1cccc(CCc2ccccc2)c1CCc1ccccc1. The molecule has 128 valence electrons. The minimum Gasteiger partial charge on any atom is -0.364 e. The van der Waals surface area contributed by atoms with E-state index in [4.69, 9.17) is 0 Å². The molecule has 0 saturated carbocycles. The highest BCUT2D eigenvalue weighted by molar-refractivity contribution is 5.37. The normalized spacial score (nSPS) is 11.0. The van der Waals surface area contributed by atoms with E-state index in [1.165, 1.54) is 16.7 Å². The first kappa shape index (κ1) is 17.4. The van der Waals surface area contributed by atoms with Crippen LogP contribution in [0.4, 0.5) is 0 Å². The van der Waals surface area contributed by atoms with Gasteiger partial charge in [0.1, 0.15) is 0 Å². The smallest absolute Gasteiger partial charge is 0.178 e. The maximum atomic E-state index is 9.77. The largest absolute Gasteiger partial charge is 0.364 e. The summed E-state index contributed by atoms with van der Waals surface area (Å²) >= 11 is 0. The van der Waals surface area contributed by atoms with Gasteiger partial charge in [-0.15, -0.1) is 0 Å². The summed E-state index contributed by atoms with van der Waals surface area (Å²) < 4.78 is 0. The second kappa shape index (κ2) is 8.61. The van der Waals surface area contributed by atoms with E-state index in [0.29, 0.717) is 5.56 Å². The number of hydrogen-bond donors (Lipinski definition) is 2. The Bertz CT molecular complexity index is 780. The molecule has 0 amide bonds. The van der Waals surface area contributed by atoms with Crippen LogP contribution in [0.5, 0.6) is 0 Å². The van der Waals surface area contributed by atoms with Crippen LogP contribution in [0.1, 0.15) is 34.1 Å². The molecule has 2 nitrogen and oxygen atoms in total. The van der Waals surface area contributed by atoms with Crippen molar-refractivity contribution < 1.29 is 10.2 Å². The molecule has 0 unspecified atom stereocenters. The number of benzene rings is 3. The van der Waals surface area contributed by atoms with Crippen LogP contribution in [0.15, 0.2) is 78.9 Å². The number of rotatable bonds is 7. The molecule has 0 atom stereocenters. The van der Waals surface area contributed by atoms with Crippen LogP contribution in [0, 0.1) is 0 Å². The Labute approximate surface area is 149 Å². The second-order valence-electron chi connectivity index (χ2n) is 6.33. The van der Waals surface area contributed by atoms with E-state index in [-0.39, 0.29) is 0 Å². The van der Waals surface area contributed by atoms with Crippen LogP contribution in [0.3, 0.4) is 0 Å². The Kier molecular flexibility index (Phi) is 5.99. The van der Waals surface area contributed by atoms with Gasteiger partial charge in [-0.1, -0.05) is 78.9 Å². The van der Waals surface area contributed by atoms with Gasteiger partial charge in [0.2, 0.25) is 0 Å². The average molecular weight is 332 g/mol. The van der Waals surface area contributed by atoms with Crippen LogP contribution in [0.2, 0.25) is 0 Å². The van der Waals surface area contributed by atoms with Crippen molar-refractivity contribution in [3.05, 3.63) is 107 Å². The predicted molar refractivity (Wildman–Crippen MR) is 101 cm³/mol. The first-order valence-electron chi connectivity index (χ1n) is 8.78. The summed E-state index contributed by atoms with van der Waals surface area (Å²) in [6.45, 7) is 0. The van der Waals surface area contributed by atoms with E-state index in [9.17, 15) is 10.2 Å². The van der Waals surface area contributed by atoms with Crippen molar-refractivity contribution in [3.8, 4) is 0 Å². The highest BCUT2D eigenvalue weighted by Crippen LogP contribution is 2.23. The molecule has 0 spiro atoms. The minimum absolute atomic E-state index is 0.626. The van der Waals surface area contributed by atoms with Crippen LogP contribution in [0.25, 0.3) is 0 Å². The van der Waals surface area contributed by atoms with Gasteiger partial charge in [-0.3, -0.25) is 0 Å². The summed E-state index contributed by atoms with van der Waals surface area (Å²) in [7, 11) is 0. The Hall–Kier alpha value is -2.42. The zero-order valence-electron chi connectivity index (χ0n) is 14.3. The molecule has 0 fully saturated rings. The third-order valence-electron chi connectivity index (χ3n) is 4.62. The van der Waals surface area contributed by atoms with Gasteiger partial charge in [0.15, 0.2) is 6.29 Å². The topological polar surface area (TPSA) is 40.5 Å². The molecule has 0 bridgehead atoms. The lowest BCUT2D eigenvalue weighted by atomic mass is 9.91. The zero-order valence-corrected chi connectivity index (χ0v) is 14.3. The molecule has 3 aromatic carbocycles. The Balaban J connectivity index is 1.80. The highest BCUT2D eigenvalue weighted by Gasteiger charge is 2.13. The first-order chi connectivity index (χ1) is 12.2. The molecule has 0 radical (unpaired) electrons. The maximum absolute atomic E-state index is 9.77. The Morgan fingerprint density at radius 2 is 1.12 bits per heavy atom. The molecule has 0 aromatic heterocycles. The molecular formula is C23H24O2. The van der Waals surface area contributed by atoms with Crippen molar-refractivity contribution in [1.82, 2.24) is 0 Å². The first-order valence-corrected chi connectivity index (χ1v) is 8.78. The van der Waals surface area contributed by atoms with Gasteiger partial charge < -0.3 is 10.2 Å². The summed E-state index contributed by atoms with van der Waals surface area (Å²) in [5, 5.41) is 19.5. The molecule has 0 heterocycles. The van der Waals surface area contributed by atoms with Gasteiger partial charge in [0, 0.05) is 5.56 Å². The van der Waals surface area contributed by atoms with Crippen molar-refractivity contribution in [2.45, 2.75) is 32.0 Å². The molecule has 2 N–H and O–H groups in total. The summed E-state index contributed by atoms with van der Waals surface area (Å²) in [5.74, 6) is 0. The van der Waals surface area contributed by atoms with Crippen LogP contribution in [-0.2, 0) is 25.7 Å². The quantitative estimate of drug-likeness (QED) is 0.635. The lowest BCUT2D eigenvalue weighted by molar-refractivity contribution is -0.0431. The van der Waals surface area contributed by atoms with Crippen LogP contribution in [-0.4, -0.2) is 10.2 Å². The Morgan fingerprint density at radius 1 is 0.560 bits per heavy atom. The zero-order chi connectivity index (χ0) is 17.5. The van der Waals surface area contributed by atoms with Crippen LogP contribution < -0.4 is 0 Å². The number of aryl methyl sites for hydroxylation is 3. The summed E-state index contributed by atoms with van der Waals surface area (Å²) in [5.41, 5.74) is 5.45. The molecule has 0 aliphatic rings. The molecular weight excluding hydrogens is 308 g/mol. The molecule has 0 aliphatic heterocycles. The van der Waals surface area contributed by atoms with E-state index in [2.05, 4.69) is 42.5 Å². The third kappa shape index (κ3) is 4.79. The lowest BCUT2D eigenvalue weighted by Crippen LogP contribution is -2.07. The fraction of sp³-hybridized carbons (Fsp3) is 0.217. The van der Waals surface area contributed by atoms with Gasteiger partial charge in [-0.05, 0) is 47.9 Å². The molecule has 0 saturated heterocycles.